The van der Waals surface area contributed by atoms with E-state index in [0.717, 1.165) is 45.7 Å². The van der Waals surface area contributed by atoms with Gasteiger partial charge in [0.2, 0.25) is 5.91 Å². The Kier molecular flexibility index (Phi) is 12.6. The van der Waals surface area contributed by atoms with Gasteiger partial charge in [0.05, 0.1) is 19.3 Å². The summed E-state index contributed by atoms with van der Waals surface area (Å²) in [6.07, 6.45) is 1.75. The number of carbonyl (C=O) groups is 2. The number of amides is 2. The lowest BCUT2D eigenvalue weighted by atomic mass is 10.2. The number of hydrogen-bond acceptors (Lipinski definition) is 6. The minimum Gasteiger partial charge on any atom is -0.444 e. The van der Waals surface area contributed by atoms with E-state index in [1.54, 1.807) is 14.1 Å². The summed E-state index contributed by atoms with van der Waals surface area (Å²) in [5, 5.41) is 9.58. The Morgan fingerprint density at radius 1 is 1.19 bits per heavy atom. The summed E-state index contributed by atoms with van der Waals surface area (Å²) >= 11 is 0. The molecule has 0 aromatic rings. The first-order valence-corrected chi connectivity index (χ1v) is 11.2. The fourth-order valence-electron chi connectivity index (χ4n) is 3.12. The van der Waals surface area contributed by atoms with Crippen molar-refractivity contribution in [2.45, 2.75) is 45.3 Å². The Morgan fingerprint density at radius 3 is 2.41 bits per heavy atom. The summed E-state index contributed by atoms with van der Waals surface area (Å²) in [6.45, 7) is 11.1. The maximum atomic E-state index is 12.2. The molecule has 186 valence electrons. The summed E-state index contributed by atoms with van der Waals surface area (Å²) in [4.78, 5) is 32.5. The largest absolute Gasteiger partial charge is 0.444 e. The highest BCUT2D eigenvalue weighted by Gasteiger charge is 2.33. The lowest BCUT2D eigenvalue weighted by molar-refractivity contribution is -0.127. The number of morpholine rings is 1. The van der Waals surface area contributed by atoms with Crippen molar-refractivity contribution < 1.29 is 19.1 Å². The van der Waals surface area contributed by atoms with Gasteiger partial charge >= 0.3 is 6.09 Å². The van der Waals surface area contributed by atoms with E-state index in [4.69, 9.17) is 9.47 Å². The van der Waals surface area contributed by atoms with Crippen LogP contribution in [0.3, 0.4) is 0 Å². The van der Waals surface area contributed by atoms with Gasteiger partial charge in [-0.05, 0) is 39.5 Å². The maximum Gasteiger partial charge on any atom is 0.407 e. The SMILES string of the molecule is CN(C)C(=O)CN=C(NCCN1CCOCC1)NCC(NC(=O)OC(C)(C)C)C1CC1.I. The lowest BCUT2D eigenvalue weighted by Crippen LogP contribution is -2.50. The Morgan fingerprint density at radius 2 is 1.84 bits per heavy atom. The number of rotatable bonds is 9. The molecule has 3 N–H and O–H groups in total. The van der Waals surface area contributed by atoms with Crippen molar-refractivity contribution in [3.05, 3.63) is 0 Å². The second-order valence-electron chi connectivity index (χ2n) is 9.30. The summed E-state index contributed by atoms with van der Waals surface area (Å²) in [7, 11) is 3.43. The highest BCUT2D eigenvalue weighted by atomic mass is 127. The Hall–Kier alpha value is -1.34. The van der Waals surface area contributed by atoms with Crippen LogP contribution in [0.15, 0.2) is 4.99 Å². The maximum absolute atomic E-state index is 12.2. The van der Waals surface area contributed by atoms with Crippen molar-refractivity contribution in [3.63, 3.8) is 0 Å². The third kappa shape index (κ3) is 12.0. The smallest absolute Gasteiger partial charge is 0.407 e. The average Bonchev–Trinajstić information content (AvgIpc) is 3.52. The van der Waals surface area contributed by atoms with E-state index >= 15 is 0 Å². The quantitative estimate of drug-likeness (QED) is 0.215. The third-order valence-electron chi connectivity index (χ3n) is 5.08. The van der Waals surface area contributed by atoms with Crippen molar-refractivity contribution in [1.82, 2.24) is 25.8 Å². The van der Waals surface area contributed by atoms with Crippen LogP contribution in [-0.4, -0.2) is 106 Å². The lowest BCUT2D eigenvalue weighted by Gasteiger charge is -2.27. The second kappa shape index (κ2) is 14.0. The highest BCUT2D eigenvalue weighted by molar-refractivity contribution is 14.0. The van der Waals surface area contributed by atoms with Crippen LogP contribution in [0.4, 0.5) is 4.79 Å². The standard InChI is InChI=1S/C21H40N6O4.HI/c1-21(2,3)31-20(29)25-17(16-6-7-16)14-23-19(24-15-18(28)26(4)5)22-8-9-27-10-12-30-13-11-27;/h16-17H,6-15H2,1-5H3,(H,25,29)(H2,22,23,24);1H. The fourth-order valence-corrected chi connectivity index (χ4v) is 3.12. The minimum absolute atomic E-state index is 0. The first-order valence-electron chi connectivity index (χ1n) is 11.2. The summed E-state index contributed by atoms with van der Waals surface area (Å²) in [6, 6.07) is -0.0503. The molecule has 1 atom stereocenters. The van der Waals surface area contributed by atoms with Gasteiger partial charge in [-0.3, -0.25) is 9.69 Å². The zero-order valence-corrected chi connectivity index (χ0v) is 22.4. The van der Waals surface area contributed by atoms with Crippen molar-refractivity contribution in [1.29, 1.82) is 0 Å². The molecule has 1 saturated heterocycles. The summed E-state index contributed by atoms with van der Waals surface area (Å²) < 4.78 is 10.8. The Balaban J connectivity index is 0.00000512. The predicted octanol–water partition coefficient (Wildman–Crippen LogP) is 0.863. The van der Waals surface area contributed by atoms with Gasteiger partial charge in [0, 0.05) is 46.8 Å². The molecule has 2 aliphatic rings. The highest BCUT2D eigenvalue weighted by Crippen LogP contribution is 2.32. The van der Waals surface area contributed by atoms with Crippen molar-refractivity contribution in [2.24, 2.45) is 10.9 Å². The molecule has 0 bridgehead atoms. The van der Waals surface area contributed by atoms with Crippen LogP contribution < -0.4 is 16.0 Å². The molecule has 1 saturated carbocycles. The molecule has 0 spiro atoms. The zero-order chi connectivity index (χ0) is 22.9. The number of ether oxygens (including phenoxy) is 2. The van der Waals surface area contributed by atoms with E-state index in [2.05, 4.69) is 25.8 Å². The van der Waals surface area contributed by atoms with E-state index in [0.29, 0.717) is 25.0 Å². The number of carbonyl (C=O) groups excluding carboxylic acids is 2. The molecule has 10 nitrogen and oxygen atoms in total. The van der Waals surface area contributed by atoms with E-state index in [1.165, 1.54) is 4.90 Å². The molecule has 32 heavy (non-hydrogen) atoms. The van der Waals surface area contributed by atoms with E-state index in [1.807, 2.05) is 20.8 Å². The normalized spacial score (nSPS) is 18.2. The van der Waals surface area contributed by atoms with Gasteiger partial charge in [-0.15, -0.1) is 24.0 Å². The van der Waals surface area contributed by atoms with Gasteiger partial charge in [-0.1, -0.05) is 0 Å². The van der Waals surface area contributed by atoms with E-state index in [-0.39, 0.29) is 42.5 Å². The Bertz CT molecular complexity index is 616. The van der Waals surface area contributed by atoms with Gasteiger partial charge in [-0.2, -0.15) is 0 Å². The molecule has 2 fully saturated rings. The van der Waals surface area contributed by atoms with Gasteiger partial charge in [0.1, 0.15) is 12.1 Å². The molecule has 1 unspecified atom stereocenters. The number of halogens is 1. The van der Waals surface area contributed by atoms with Gasteiger partial charge in [0.25, 0.3) is 0 Å². The molecular weight excluding hydrogens is 527 g/mol. The monoisotopic (exact) mass is 568 g/mol. The summed E-state index contributed by atoms with van der Waals surface area (Å²) in [5.41, 5.74) is -0.536. The minimum atomic E-state index is -0.536. The van der Waals surface area contributed by atoms with Gasteiger partial charge in [-0.25, -0.2) is 9.79 Å². The van der Waals surface area contributed by atoms with Crippen LogP contribution in [0, 0.1) is 5.92 Å². The molecule has 2 amide bonds. The number of hydrogen-bond donors (Lipinski definition) is 3. The first kappa shape index (κ1) is 28.7. The number of guanidine groups is 1. The molecule has 1 aliphatic heterocycles. The number of likely N-dealkylation sites (N-methyl/N-ethyl adjacent to an activating group) is 1. The first-order chi connectivity index (χ1) is 14.6. The van der Waals surface area contributed by atoms with Crippen LogP contribution in [-0.2, 0) is 14.3 Å². The number of nitrogens with zero attached hydrogens (tertiary/aromatic N) is 3. The fraction of sp³-hybridized carbons (Fsp3) is 0.857. The van der Waals surface area contributed by atoms with Gasteiger partial charge < -0.3 is 30.3 Å². The molecule has 0 radical (unpaired) electrons. The van der Waals surface area contributed by atoms with E-state index in [9.17, 15) is 9.59 Å². The van der Waals surface area contributed by atoms with Crippen LogP contribution in [0.2, 0.25) is 0 Å². The van der Waals surface area contributed by atoms with Crippen LogP contribution >= 0.6 is 24.0 Å². The molecule has 11 heteroatoms. The van der Waals surface area contributed by atoms with Crippen LogP contribution in [0.5, 0.6) is 0 Å². The van der Waals surface area contributed by atoms with E-state index < -0.39 is 11.7 Å². The van der Waals surface area contributed by atoms with Crippen molar-refractivity contribution >= 4 is 41.9 Å². The van der Waals surface area contributed by atoms with Crippen LogP contribution in [0.1, 0.15) is 33.6 Å². The molecule has 1 aliphatic carbocycles. The summed E-state index contributed by atoms with van der Waals surface area (Å²) in [5.74, 6) is 0.929. The molecule has 2 rings (SSSR count). The molecule has 0 aromatic carbocycles. The predicted molar refractivity (Wildman–Crippen MR) is 136 cm³/mol. The van der Waals surface area contributed by atoms with Crippen molar-refractivity contribution in [2.75, 3.05) is 66.6 Å². The van der Waals surface area contributed by atoms with Crippen LogP contribution in [0.25, 0.3) is 0 Å². The molecule has 0 aromatic heterocycles. The molecule has 1 heterocycles. The number of alkyl carbamates (subject to hydrolysis) is 1. The van der Waals surface area contributed by atoms with Crippen molar-refractivity contribution in [3.8, 4) is 0 Å². The number of nitrogens with one attached hydrogen (secondary N) is 3. The Labute approximate surface area is 209 Å². The zero-order valence-electron chi connectivity index (χ0n) is 20.1. The van der Waals surface area contributed by atoms with Gasteiger partial charge in [0.15, 0.2) is 5.96 Å². The second-order valence-corrected chi connectivity index (χ2v) is 9.30. The third-order valence-corrected chi connectivity index (χ3v) is 5.08. The number of aliphatic imine (C=N–C) groups is 1. The molecular formula is C21H41IN6O4. The topological polar surface area (TPSA) is 108 Å². The average molecular weight is 569 g/mol.